The molecule has 0 saturated carbocycles. The van der Waals surface area contributed by atoms with Crippen LogP contribution in [-0.2, 0) is 13.0 Å². The van der Waals surface area contributed by atoms with Gasteiger partial charge in [0.1, 0.15) is 5.82 Å². The number of fused-ring (bicyclic) bond motifs is 2. The molecule has 1 aliphatic heterocycles. The number of benzene rings is 1. The molecule has 0 fully saturated rings. The van der Waals surface area contributed by atoms with Gasteiger partial charge in [0.25, 0.3) is 5.56 Å². The molecule has 0 amide bonds. The molecule has 4 nitrogen and oxygen atoms in total. The molecule has 0 spiro atoms. The smallest absolute Gasteiger partial charge is 0.258 e. The van der Waals surface area contributed by atoms with Gasteiger partial charge in [-0.05, 0) is 47.0 Å². The number of hydrogen-bond donors (Lipinski definition) is 1. The number of para-hydroxylation sites is 1. The zero-order valence-corrected chi connectivity index (χ0v) is 15.6. The molecule has 5 rings (SSSR count). The van der Waals surface area contributed by atoms with Crippen LogP contribution in [0.2, 0.25) is 0 Å². The number of aromatic amines is 1. The fraction of sp³-hybridized carbons (Fsp3) is 0.200. The normalized spacial score (nSPS) is 17.5. The second-order valence-electron chi connectivity index (χ2n) is 6.47. The van der Waals surface area contributed by atoms with E-state index in [1.807, 2.05) is 35.6 Å². The van der Waals surface area contributed by atoms with Gasteiger partial charge in [-0.1, -0.05) is 18.2 Å². The van der Waals surface area contributed by atoms with Crippen LogP contribution in [-0.4, -0.2) is 21.4 Å². The van der Waals surface area contributed by atoms with E-state index in [1.54, 1.807) is 11.3 Å². The van der Waals surface area contributed by atoms with Crippen molar-refractivity contribution in [2.75, 3.05) is 6.54 Å². The van der Waals surface area contributed by atoms with Crippen LogP contribution < -0.4 is 5.56 Å². The molecule has 4 aromatic rings. The minimum Gasteiger partial charge on any atom is -0.309 e. The van der Waals surface area contributed by atoms with Crippen LogP contribution in [0.3, 0.4) is 0 Å². The largest absolute Gasteiger partial charge is 0.309 e. The van der Waals surface area contributed by atoms with Crippen molar-refractivity contribution in [1.29, 1.82) is 0 Å². The topological polar surface area (TPSA) is 49.0 Å². The van der Waals surface area contributed by atoms with E-state index in [4.69, 9.17) is 4.98 Å². The van der Waals surface area contributed by atoms with E-state index >= 15 is 0 Å². The average molecular weight is 380 g/mol. The van der Waals surface area contributed by atoms with E-state index in [9.17, 15) is 4.79 Å². The quantitative estimate of drug-likeness (QED) is 0.581. The van der Waals surface area contributed by atoms with Gasteiger partial charge < -0.3 is 4.98 Å². The number of aromatic nitrogens is 2. The molecule has 26 heavy (non-hydrogen) atoms. The molecule has 4 heterocycles. The number of rotatable bonds is 3. The molecule has 0 saturated heterocycles. The molecule has 0 radical (unpaired) electrons. The summed E-state index contributed by atoms with van der Waals surface area (Å²) >= 11 is 3.63. The van der Waals surface area contributed by atoms with Crippen LogP contribution in [0, 0.1) is 0 Å². The predicted octanol–water partition coefficient (Wildman–Crippen LogP) is 4.19. The summed E-state index contributed by atoms with van der Waals surface area (Å²) in [5, 5.41) is 4.96. The van der Waals surface area contributed by atoms with Crippen molar-refractivity contribution in [2.45, 2.75) is 19.0 Å². The molecule has 3 aromatic heterocycles. The first kappa shape index (κ1) is 15.9. The number of nitrogens with zero attached hydrogens (tertiary/aromatic N) is 2. The van der Waals surface area contributed by atoms with E-state index in [-0.39, 0.29) is 11.6 Å². The maximum atomic E-state index is 12.4. The van der Waals surface area contributed by atoms with E-state index in [1.165, 1.54) is 15.3 Å². The van der Waals surface area contributed by atoms with Crippen LogP contribution in [0.4, 0.5) is 0 Å². The van der Waals surface area contributed by atoms with Gasteiger partial charge in [-0.2, -0.15) is 0 Å². The highest BCUT2D eigenvalue weighted by Gasteiger charge is 2.30. The molecular weight excluding hydrogens is 362 g/mol. The highest BCUT2D eigenvalue weighted by Crippen LogP contribution is 2.39. The standard InChI is InChI=1S/C20H17N3OS2/c24-20-13-4-1-2-5-15(13)21-18(22-20)12-23-9-7-16-14(8-11-26-16)19(23)17-6-3-10-25-17/h1-6,8,10-11,19H,7,9,12H2,(H,21,22,24)/t19-/m1/s1. The minimum absolute atomic E-state index is 0.0634. The van der Waals surface area contributed by atoms with Crippen molar-refractivity contribution in [1.82, 2.24) is 14.9 Å². The van der Waals surface area contributed by atoms with Crippen molar-refractivity contribution in [3.05, 3.63) is 84.7 Å². The third-order valence-corrected chi connectivity index (χ3v) is 6.81. The first-order valence-electron chi connectivity index (χ1n) is 8.61. The molecule has 1 aliphatic rings. The Balaban J connectivity index is 1.54. The second-order valence-corrected chi connectivity index (χ2v) is 8.45. The fourth-order valence-electron chi connectivity index (χ4n) is 3.72. The molecule has 0 aliphatic carbocycles. The van der Waals surface area contributed by atoms with Gasteiger partial charge in [0, 0.05) is 16.3 Å². The van der Waals surface area contributed by atoms with Crippen molar-refractivity contribution < 1.29 is 0 Å². The lowest BCUT2D eigenvalue weighted by Crippen LogP contribution is -2.35. The van der Waals surface area contributed by atoms with Gasteiger partial charge in [-0.3, -0.25) is 9.69 Å². The Morgan fingerprint density at radius 1 is 1.12 bits per heavy atom. The second kappa shape index (κ2) is 6.46. The maximum Gasteiger partial charge on any atom is 0.258 e. The predicted molar refractivity (Wildman–Crippen MR) is 107 cm³/mol. The fourth-order valence-corrected chi connectivity index (χ4v) is 5.50. The van der Waals surface area contributed by atoms with Crippen LogP contribution in [0.1, 0.15) is 27.2 Å². The summed E-state index contributed by atoms with van der Waals surface area (Å²) in [7, 11) is 0. The molecule has 1 atom stereocenters. The SMILES string of the molecule is O=c1[nH]c(CN2CCc3sccc3[C@@H]2c2cccs2)nc2ccccc12. The zero-order chi connectivity index (χ0) is 17.5. The zero-order valence-electron chi connectivity index (χ0n) is 14.0. The van der Waals surface area contributed by atoms with Crippen molar-refractivity contribution in [2.24, 2.45) is 0 Å². The summed E-state index contributed by atoms with van der Waals surface area (Å²) in [6, 6.07) is 14.3. The van der Waals surface area contributed by atoms with Crippen molar-refractivity contribution >= 4 is 33.6 Å². The summed E-state index contributed by atoms with van der Waals surface area (Å²) < 4.78 is 0. The lowest BCUT2D eigenvalue weighted by atomic mass is 9.98. The summed E-state index contributed by atoms with van der Waals surface area (Å²) in [4.78, 5) is 25.3. The van der Waals surface area contributed by atoms with Gasteiger partial charge in [0.2, 0.25) is 0 Å². The van der Waals surface area contributed by atoms with Crippen LogP contribution >= 0.6 is 22.7 Å². The van der Waals surface area contributed by atoms with Crippen molar-refractivity contribution in [3.63, 3.8) is 0 Å². The first-order valence-corrected chi connectivity index (χ1v) is 10.4. The Kier molecular flexibility index (Phi) is 3.96. The molecule has 130 valence electrons. The molecular formula is C20H17N3OS2. The Hall–Kier alpha value is -2.28. The Morgan fingerprint density at radius 2 is 2.04 bits per heavy atom. The number of hydrogen-bond acceptors (Lipinski definition) is 5. The lowest BCUT2D eigenvalue weighted by Gasteiger charge is -2.35. The first-order chi connectivity index (χ1) is 12.8. The highest BCUT2D eigenvalue weighted by atomic mass is 32.1. The average Bonchev–Trinajstić information content (AvgIpc) is 3.33. The summed E-state index contributed by atoms with van der Waals surface area (Å²) in [5.74, 6) is 0.730. The Bertz CT molecular complexity index is 1110. The highest BCUT2D eigenvalue weighted by molar-refractivity contribution is 7.10. The van der Waals surface area contributed by atoms with Gasteiger partial charge >= 0.3 is 0 Å². The molecule has 1 N–H and O–H groups in total. The van der Waals surface area contributed by atoms with Crippen LogP contribution in [0.15, 0.2) is 58.0 Å². The molecule has 1 aromatic carbocycles. The third-order valence-electron chi connectivity index (χ3n) is 4.89. The number of nitrogens with one attached hydrogen (secondary N) is 1. The van der Waals surface area contributed by atoms with E-state index in [2.05, 4.69) is 38.8 Å². The van der Waals surface area contributed by atoms with Crippen molar-refractivity contribution in [3.8, 4) is 0 Å². The summed E-state index contributed by atoms with van der Waals surface area (Å²) in [5.41, 5.74) is 2.09. The molecule has 6 heteroatoms. The Labute approximate surface area is 158 Å². The number of thiophene rings is 2. The monoisotopic (exact) mass is 379 g/mol. The summed E-state index contributed by atoms with van der Waals surface area (Å²) in [6.45, 7) is 1.60. The van der Waals surface area contributed by atoms with Crippen LogP contribution in [0.5, 0.6) is 0 Å². The van der Waals surface area contributed by atoms with Crippen LogP contribution in [0.25, 0.3) is 10.9 Å². The van der Waals surface area contributed by atoms with Gasteiger partial charge in [0.05, 0.1) is 23.5 Å². The van der Waals surface area contributed by atoms with Gasteiger partial charge in [0.15, 0.2) is 0 Å². The summed E-state index contributed by atoms with van der Waals surface area (Å²) in [6.07, 6.45) is 1.05. The third kappa shape index (κ3) is 2.70. The number of H-pyrrole nitrogens is 1. The van der Waals surface area contributed by atoms with E-state index < -0.39 is 0 Å². The maximum absolute atomic E-state index is 12.4. The Morgan fingerprint density at radius 3 is 2.92 bits per heavy atom. The molecule has 0 bridgehead atoms. The lowest BCUT2D eigenvalue weighted by molar-refractivity contribution is 0.204. The van der Waals surface area contributed by atoms with E-state index in [0.717, 1.165) is 24.3 Å². The minimum atomic E-state index is -0.0634. The van der Waals surface area contributed by atoms with Gasteiger partial charge in [-0.25, -0.2) is 4.98 Å². The van der Waals surface area contributed by atoms with E-state index in [0.29, 0.717) is 11.9 Å². The molecule has 0 unspecified atom stereocenters. The van der Waals surface area contributed by atoms with Gasteiger partial charge in [-0.15, -0.1) is 22.7 Å².